The van der Waals surface area contributed by atoms with Gasteiger partial charge in [0.25, 0.3) is 0 Å². The third-order valence-electron chi connectivity index (χ3n) is 2.27. The van der Waals surface area contributed by atoms with Crippen molar-refractivity contribution in [3.05, 3.63) is 35.0 Å². The van der Waals surface area contributed by atoms with E-state index in [1.54, 1.807) is 18.2 Å². The molecule has 1 aromatic carbocycles. The number of hydrogen-bond acceptors (Lipinski definition) is 3. The predicted octanol–water partition coefficient (Wildman–Crippen LogP) is 2.99. The van der Waals surface area contributed by atoms with Crippen molar-refractivity contribution in [2.24, 2.45) is 0 Å². The molecule has 0 saturated carbocycles. The van der Waals surface area contributed by atoms with Gasteiger partial charge in [0, 0.05) is 5.39 Å². The van der Waals surface area contributed by atoms with Gasteiger partial charge in [-0.15, -0.1) is 0 Å². The van der Waals surface area contributed by atoms with Gasteiger partial charge in [0.15, 0.2) is 5.69 Å². The van der Waals surface area contributed by atoms with E-state index in [4.69, 9.17) is 21.4 Å². The molecular weight excluding hydrogens is 242 g/mol. The number of ether oxygens (including phenoxy) is 1. The first kappa shape index (κ1) is 11.7. The van der Waals surface area contributed by atoms with Crippen LogP contribution in [0, 0.1) is 0 Å². The number of aromatic nitrogens is 1. The fourth-order valence-corrected chi connectivity index (χ4v) is 1.82. The minimum Gasteiger partial charge on any atom is -0.492 e. The first-order chi connectivity index (χ1) is 8.13. The largest absolute Gasteiger partial charge is 0.492 e. The monoisotopic (exact) mass is 251 g/mol. The Morgan fingerprint density at radius 3 is 2.94 bits per heavy atom. The summed E-state index contributed by atoms with van der Waals surface area (Å²) in [7, 11) is 0. The molecule has 88 valence electrons. The predicted molar refractivity (Wildman–Crippen MR) is 64.9 cm³/mol. The third kappa shape index (κ3) is 2.17. The number of rotatable bonds is 3. The zero-order valence-corrected chi connectivity index (χ0v) is 9.86. The summed E-state index contributed by atoms with van der Waals surface area (Å²) in [5.41, 5.74) is 0.383. The maximum absolute atomic E-state index is 10.9. The van der Waals surface area contributed by atoms with Crippen LogP contribution in [0.25, 0.3) is 10.9 Å². The van der Waals surface area contributed by atoms with E-state index in [-0.39, 0.29) is 5.69 Å². The topological polar surface area (TPSA) is 59.4 Å². The molecule has 0 fully saturated rings. The SMILES string of the molecule is CCOc1cccc2c(Cl)cc(C(=O)O)nc12. The van der Waals surface area contributed by atoms with Gasteiger partial charge in [-0.1, -0.05) is 23.7 Å². The van der Waals surface area contributed by atoms with E-state index in [0.717, 1.165) is 0 Å². The summed E-state index contributed by atoms with van der Waals surface area (Å²) in [5.74, 6) is -0.574. The normalized spacial score (nSPS) is 10.5. The molecule has 0 bridgehead atoms. The number of para-hydroxylation sites is 1. The molecule has 0 atom stereocenters. The molecule has 1 N–H and O–H groups in total. The van der Waals surface area contributed by atoms with Gasteiger partial charge in [0.05, 0.1) is 11.6 Å². The molecule has 0 unspecified atom stereocenters. The van der Waals surface area contributed by atoms with Gasteiger partial charge in [-0.2, -0.15) is 0 Å². The highest BCUT2D eigenvalue weighted by Gasteiger charge is 2.12. The summed E-state index contributed by atoms with van der Waals surface area (Å²) >= 11 is 6.02. The van der Waals surface area contributed by atoms with Crippen LogP contribution in [0.2, 0.25) is 5.02 Å². The molecule has 1 aromatic heterocycles. The fourth-order valence-electron chi connectivity index (χ4n) is 1.56. The van der Waals surface area contributed by atoms with E-state index in [1.165, 1.54) is 6.07 Å². The molecule has 0 amide bonds. The summed E-state index contributed by atoms with van der Waals surface area (Å²) in [6, 6.07) is 6.64. The second-order valence-electron chi connectivity index (χ2n) is 3.38. The lowest BCUT2D eigenvalue weighted by Gasteiger charge is -2.08. The number of carboxylic acids is 1. The van der Waals surface area contributed by atoms with Gasteiger partial charge in [-0.3, -0.25) is 0 Å². The molecule has 0 spiro atoms. The maximum Gasteiger partial charge on any atom is 0.354 e. The minimum absolute atomic E-state index is 0.0883. The minimum atomic E-state index is -1.11. The summed E-state index contributed by atoms with van der Waals surface area (Å²) in [6.07, 6.45) is 0. The Morgan fingerprint density at radius 1 is 1.53 bits per heavy atom. The summed E-state index contributed by atoms with van der Waals surface area (Å²) in [5, 5.41) is 9.97. The van der Waals surface area contributed by atoms with Gasteiger partial charge in [0.2, 0.25) is 0 Å². The third-order valence-corrected chi connectivity index (χ3v) is 2.58. The van der Waals surface area contributed by atoms with Crippen LogP contribution in [0.4, 0.5) is 0 Å². The van der Waals surface area contributed by atoms with Crippen LogP contribution < -0.4 is 4.74 Å². The van der Waals surface area contributed by atoms with Crippen LogP contribution in [0.3, 0.4) is 0 Å². The zero-order chi connectivity index (χ0) is 12.4. The van der Waals surface area contributed by atoms with Crippen molar-refractivity contribution in [1.82, 2.24) is 4.98 Å². The average molecular weight is 252 g/mol. The summed E-state index contributed by atoms with van der Waals surface area (Å²) < 4.78 is 5.39. The lowest BCUT2D eigenvalue weighted by Crippen LogP contribution is -2.02. The number of aromatic carboxylic acids is 1. The van der Waals surface area contributed by atoms with Gasteiger partial charge < -0.3 is 9.84 Å². The van der Waals surface area contributed by atoms with E-state index < -0.39 is 5.97 Å². The van der Waals surface area contributed by atoms with Crippen molar-refractivity contribution in [1.29, 1.82) is 0 Å². The highest BCUT2D eigenvalue weighted by Crippen LogP contribution is 2.29. The molecule has 2 rings (SSSR count). The van der Waals surface area contributed by atoms with Crippen LogP contribution in [-0.2, 0) is 0 Å². The average Bonchev–Trinajstić information content (AvgIpc) is 2.30. The maximum atomic E-state index is 10.9. The Bertz CT molecular complexity index is 583. The van der Waals surface area contributed by atoms with Crippen LogP contribution >= 0.6 is 11.6 Å². The highest BCUT2D eigenvalue weighted by molar-refractivity contribution is 6.35. The Hall–Kier alpha value is -1.81. The number of halogens is 1. The van der Waals surface area contributed by atoms with Crippen LogP contribution in [0.15, 0.2) is 24.3 Å². The van der Waals surface area contributed by atoms with Crippen molar-refractivity contribution >= 4 is 28.5 Å². The quantitative estimate of drug-likeness (QED) is 0.911. The van der Waals surface area contributed by atoms with E-state index >= 15 is 0 Å². The molecule has 1 heterocycles. The lowest BCUT2D eigenvalue weighted by molar-refractivity contribution is 0.0691. The van der Waals surface area contributed by atoms with Crippen molar-refractivity contribution in [3.8, 4) is 5.75 Å². The van der Waals surface area contributed by atoms with Gasteiger partial charge >= 0.3 is 5.97 Å². The van der Waals surface area contributed by atoms with Gasteiger partial charge in [-0.25, -0.2) is 9.78 Å². The molecule has 0 aliphatic rings. The first-order valence-electron chi connectivity index (χ1n) is 5.09. The second kappa shape index (κ2) is 4.59. The molecule has 5 heteroatoms. The van der Waals surface area contributed by atoms with Crippen molar-refractivity contribution in [3.63, 3.8) is 0 Å². The molecule has 0 radical (unpaired) electrons. The van der Waals surface area contributed by atoms with E-state index in [0.29, 0.717) is 28.3 Å². The summed E-state index contributed by atoms with van der Waals surface area (Å²) in [6.45, 7) is 2.33. The standard InChI is InChI=1S/C12H10ClNO3/c1-2-17-10-5-3-4-7-8(13)6-9(12(15)16)14-11(7)10/h3-6H,2H2,1H3,(H,15,16). The highest BCUT2D eigenvalue weighted by atomic mass is 35.5. The van der Waals surface area contributed by atoms with Gasteiger partial charge in [0.1, 0.15) is 11.3 Å². The molecule has 4 nitrogen and oxygen atoms in total. The lowest BCUT2D eigenvalue weighted by atomic mass is 10.2. The molecule has 0 saturated heterocycles. The van der Waals surface area contributed by atoms with E-state index in [2.05, 4.69) is 4.98 Å². The van der Waals surface area contributed by atoms with E-state index in [1.807, 2.05) is 6.92 Å². The Balaban J connectivity index is 2.73. The first-order valence-corrected chi connectivity index (χ1v) is 5.46. The Labute approximate surface area is 103 Å². The summed E-state index contributed by atoms with van der Waals surface area (Å²) in [4.78, 5) is 14.9. The van der Waals surface area contributed by atoms with Crippen molar-refractivity contribution < 1.29 is 14.6 Å². The van der Waals surface area contributed by atoms with Crippen LogP contribution in [0.1, 0.15) is 17.4 Å². The number of carbonyl (C=O) groups is 1. The number of carboxylic acid groups (broad SMARTS) is 1. The molecule has 0 aliphatic carbocycles. The molecular formula is C12H10ClNO3. The smallest absolute Gasteiger partial charge is 0.354 e. The van der Waals surface area contributed by atoms with Crippen LogP contribution in [0.5, 0.6) is 5.75 Å². The molecule has 0 aliphatic heterocycles. The van der Waals surface area contributed by atoms with E-state index in [9.17, 15) is 4.79 Å². The fraction of sp³-hybridized carbons (Fsp3) is 0.167. The second-order valence-corrected chi connectivity index (χ2v) is 3.79. The van der Waals surface area contributed by atoms with Gasteiger partial charge in [-0.05, 0) is 19.1 Å². The number of benzene rings is 1. The number of hydrogen-bond donors (Lipinski definition) is 1. The molecule has 17 heavy (non-hydrogen) atoms. The van der Waals surface area contributed by atoms with Crippen LogP contribution in [-0.4, -0.2) is 22.7 Å². The molecule has 2 aromatic rings. The number of fused-ring (bicyclic) bond motifs is 1. The number of pyridine rings is 1. The number of nitrogens with zero attached hydrogens (tertiary/aromatic N) is 1. The Kier molecular flexibility index (Phi) is 3.15. The Morgan fingerprint density at radius 2 is 2.29 bits per heavy atom. The zero-order valence-electron chi connectivity index (χ0n) is 9.11. The van der Waals surface area contributed by atoms with Crippen molar-refractivity contribution in [2.45, 2.75) is 6.92 Å². The van der Waals surface area contributed by atoms with Crippen molar-refractivity contribution in [2.75, 3.05) is 6.61 Å².